The molecule has 0 bridgehead atoms. The standard InChI is InChI=1S/C15H21ClFN3O.HI/c1-3-21-8-7-19-15(18-2)20-13-9-10(13)14-11(16)5-4-6-12(14)17;/h4-6,10,13H,3,7-9H2,1-2H3,(H2,18,19,20);1H. The van der Waals surface area contributed by atoms with E-state index in [0.717, 1.165) is 6.42 Å². The Hall–Kier alpha value is -0.600. The Morgan fingerprint density at radius 3 is 2.91 bits per heavy atom. The van der Waals surface area contributed by atoms with Gasteiger partial charge in [-0.05, 0) is 25.5 Å². The molecule has 4 nitrogen and oxygen atoms in total. The maximum absolute atomic E-state index is 13.8. The SMILES string of the molecule is CCOCCNC(=NC)NC1CC1c1c(F)cccc1Cl.I. The highest BCUT2D eigenvalue weighted by atomic mass is 127. The number of rotatable bonds is 6. The Labute approximate surface area is 152 Å². The fraction of sp³-hybridized carbons (Fsp3) is 0.533. The van der Waals surface area contributed by atoms with Gasteiger partial charge in [-0.3, -0.25) is 4.99 Å². The molecule has 2 rings (SSSR count). The summed E-state index contributed by atoms with van der Waals surface area (Å²) < 4.78 is 19.1. The third-order valence-corrected chi connectivity index (χ3v) is 3.78. The van der Waals surface area contributed by atoms with Gasteiger partial charge in [0.1, 0.15) is 5.82 Å². The first-order valence-electron chi connectivity index (χ1n) is 7.16. The van der Waals surface area contributed by atoms with Crippen LogP contribution >= 0.6 is 35.6 Å². The van der Waals surface area contributed by atoms with Gasteiger partial charge in [0.25, 0.3) is 0 Å². The minimum Gasteiger partial charge on any atom is -0.380 e. The summed E-state index contributed by atoms with van der Waals surface area (Å²) >= 11 is 6.09. The number of hydrogen-bond acceptors (Lipinski definition) is 2. The first kappa shape index (κ1) is 19.4. The highest BCUT2D eigenvalue weighted by Crippen LogP contribution is 2.44. The van der Waals surface area contributed by atoms with Gasteiger partial charge < -0.3 is 15.4 Å². The summed E-state index contributed by atoms with van der Waals surface area (Å²) in [6, 6.07) is 4.97. The van der Waals surface area contributed by atoms with Crippen LogP contribution in [0.25, 0.3) is 0 Å². The minimum absolute atomic E-state index is 0. The van der Waals surface area contributed by atoms with Crippen molar-refractivity contribution in [1.29, 1.82) is 0 Å². The lowest BCUT2D eigenvalue weighted by molar-refractivity contribution is 0.152. The van der Waals surface area contributed by atoms with E-state index in [-0.39, 0.29) is 41.8 Å². The molecule has 2 atom stereocenters. The molecule has 22 heavy (non-hydrogen) atoms. The number of guanidine groups is 1. The maximum atomic E-state index is 13.8. The summed E-state index contributed by atoms with van der Waals surface area (Å²) in [5.74, 6) is 0.565. The zero-order chi connectivity index (χ0) is 15.2. The molecule has 0 spiro atoms. The molecular weight excluding hydrogens is 420 g/mol. The molecule has 1 aromatic rings. The van der Waals surface area contributed by atoms with Crippen LogP contribution in [0.4, 0.5) is 4.39 Å². The molecule has 1 aromatic carbocycles. The normalized spacial score (nSPS) is 20.3. The average molecular weight is 442 g/mol. The Morgan fingerprint density at radius 1 is 1.50 bits per heavy atom. The van der Waals surface area contributed by atoms with Crippen molar-refractivity contribution in [3.8, 4) is 0 Å². The third kappa shape index (κ3) is 5.24. The van der Waals surface area contributed by atoms with E-state index in [0.29, 0.717) is 36.3 Å². The first-order chi connectivity index (χ1) is 10.2. The van der Waals surface area contributed by atoms with Crippen LogP contribution in [-0.4, -0.2) is 38.8 Å². The summed E-state index contributed by atoms with van der Waals surface area (Å²) in [5, 5.41) is 6.93. The molecule has 124 valence electrons. The number of nitrogens with zero attached hydrogens (tertiary/aromatic N) is 1. The van der Waals surface area contributed by atoms with E-state index >= 15 is 0 Å². The molecule has 1 aliphatic rings. The van der Waals surface area contributed by atoms with Crippen molar-refractivity contribution in [2.75, 3.05) is 26.8 Å². The van der Waals surface area contributed by atoms with Crippen molar-refractivity contribution in [3.63, 3.8) is 0 Å². The summed E-state index contributed by atoms with van der Waals surface area (Å²) in [4.78, 5) is 4.15. The zero-order valence-electron chi connectivity index (χ0n) is 12.7. The Bertz CT molecular complexity index is 495. The third-order valence-electron chi connectivity index (χ3n) is 3.45. The van der Waals surface area contributed by atoms with E-state index in [9.17, 15) is 4.39 Å². The van der Waals surface area contributed by atoms with Crippen molar-refractivity contribution in [3.05, 3.63) is 34.6 Å². The van der Waals surface area contributed by atoms with Crippen LogP contribution in [0.15, 0.2) is 23.2 Å². The quantitative estimate of drug-likeness (QED) is 0.309. The highest BCUT2D eigenvalue weighted by Gasteiger charge is 2.41. The van der Waals surface area contributed by atoms with Gasteiger partial charge in [-0.2, -0.15) is 0 Å². The van der Waals surface area contributed by atoms with Gasteiger partial charge >= 0.3 is 0 Å². The molecule has 2 unspecified atom stereocenters. The van der Waals surface area contributed by atoms with Crippen LogP contribution in [0.1, 0.15) is 24.8 Å². The fourth-order valence-corrected chi connectivity index (χ4v) is 2.60. The summed E-state index contributed by atoms with van der Waals surface area (Å²) in [6.07, 6.45) is 0.854. The van der Waals surface area contributed by atoms with Crippen molar-refractivity contribution >= 4 is 41.5 Å². The Morgan fingerprint density at radius 2 is 2.27 bits per heavy atom. The number of hydrogen-bond donors (Lipinski definition) is 2. The number of ether oxygens (including phenoxy) is 1. The molecular formula is C15H22ClFIN3O. The Balaban J connectivity index is 0.00000242. The lowest BCUT2D eigenvalue weighted by Crippen LogP contribution is -2.40. The highest BCUT2D eigenvalue weighted by molar-refractivity contribution is 14.0. The molecule has 7 heteroatoms. The molecule has 1 aliphatic carbocycles. The van der Waals surface area contributed by atoms with E-state index in [1.807, 2.05) is 6.92 Å². The predicted octanol–water partition coefficient (Wildman–Crippen LogP) is 3.15. The van der Waals surface area contributed by atoms with Crippen LogP contribution < -0.4 is 10.6 Å². The molecule has 1 fully saturated rings. The van der Waals surface area contributed by atoms with E-state index in [1.165, 1.54) is 6.07 Å². The molecule has 2 N–H and O–H groups in total. The molecule has 0 saturated heterocycles. The summed E-state index contributed by atoms with van der Waals surface area (Å²) in [6.45, 7) is 3.97. The van der Waals surface area contributed by atoms with Gasteiger partial charge in [-0.25, -0.2) is 4.39 Å². The second kappa shape index (κ2) is 9.52. The lowest BCUT2D eigenvalue weighted by atomic mass is 10.1. The van der Waals surface area contributed by atoms with Gasteiger partial charge in [-0.15, -0.1) is 24.0 Å². The van der Waals surface area contributed by atoms with E-state index < -0.39 is 0 Å². The number of aliphatic imine (C=N–C) groups is 1. The van der Waals surface area contributed by atoms with Crippen molar-refractivity contribution < 1.29 is 9.13 Å². The molecule has 0 heterocycles. The van der Waals surface area contributed by atoms with Crippen LogP contribution in [0, 0.1) is 5.82 Å². The summed E-state index contributed by atoms with van der Waals surface area (Å²) in [7, 11) is 1.71. The number of benzene rings is 1. The second-order valence-corrected chi connectivity index (χ2v) is 5.33. The van der Waals surface area contributed by atoms with Gasteiger partial charge in [0, 0.05) is 42.7 Å². The van der Waals surface area contributed by atoms with Gasteiger partial charge in [-0.1, -0.05) is 17.7 Å². The lowest BCUT2D eigenvalue weighted by Gasteiger charge is -2.12. The smallest absolute Gasteiger partial charge is 0.191 e. The van der Waals surface area contributed by atoms with E-state index in [2.05, 4.69) is 15.6 Å². The average Bonchev–Trinajstić information content (AvgIpc) is 3.21. The predicted molar refractivity (Wildman–Crippen MR) is 99.0 cm³/mol. The largest absolute Gasteiger partial charge is 0.380 e. The van der Waals surface area contributed by atoms with E-state index in [1.54, 1.807) is 19.2 Å². The summed E-state index contributed by atoms with van der Waals surface area (Å²) in [5.41, 5.74) is 0.599. The topological polar surface area (TPSA) is 45.6 Å². The minimum atomic E-state index is -0.240. The van der Waals surface area contributed by atoms with Gasteiger partial charge in [0.15, 0.2) is 5.96 Å². The molecule has 0 aliphatic heterocycles. The van der Waals surface area contributed by atoms with Crippen LogP contribution in [0.2, 0.25) is 5.02 Å². The monoisotopic (exact) mass is 441 g/mol. The fourth-order valence-electron chi connectivity index (χ4n) is 2.29. The van der Waals surface area contributed by atoms with Crippen molar-refractivity contribution in [1.82, 2.24) is 10.6 Å². The zero-order valence-corrected chi connectivity index (χ0v) is 15.8. The molecule has 1 saturated carbocycles. The van der Waals surface area contributed by atoms with Crippen LogP contribution in [0.3, 0.4) is 0 Å². The van der Waals surface area contributed by atoms with Crippen LogP contribution in [-0.2, 0) is 4.74 Å². The molecule has 0 amide bonds. The first-order valence-corrected chi connectivity index (χ1v) is 7.54. The van der Waals surface area contributed by atoms with Gasteiger partial charge in [0.2, 0.25) is 0 Å². The molecule has 0 radical (unpaired) electrons. The second-order valence-electron chi connectivity index (χ2n) is 4.92. The number of nitrogens with one attached hydrogen (secondary N) is 2. The van der Waals surface area contributed by atoms with E-state index in [4.69, 9.17) is 16.3 Å². The van der Waals surface area contributed by atoms with Gasteiger partial charge in [0.05, 0.1) is 6.61 Å². The van der Waals surface area contributed by atoms with Crippen molar-refractivity contribution in [2.45, 2.75) is 25.3 Å². The van der Waals surface area contributed by atoms with Crippen molar-refractivity contribution in [2.24, 2.45) is 4.99 Å². The maximum Gasteiger partial charge on any atom is 0.191 e. The molecule has 0 aromatic heterocycles. The number of halogens is 3. The Kier molecular flexibility index (Phi) is 8.41. The van der Waals surface area contributed by atoms with Crippen LogP contribution in [0.5, 0.6) is 0 Å².